The molecule has 88 valence electrons. The fourth-order valence-corrected chi connectivity index (χ4v) is 1.92. The van der Waals surface area contributed by atoms with Crippen LogP contribution >= 0.6 is 11.6 Å². The molecule has 1 aromatic rings. The fourth-order valence-electron chi connectivity index (χ4n) is 1.77. The standard InChI is InChI=1S/C10H16ClN5/c1-12-9-13-8(11)14-10(15-9)16(2)6-7-4-3-5-7/h7H,3-6H2,1-2H3,(H,12,13,14,15). The van der Waals surface area contributed by atoms with Crippen LogP contribution in [0.25, 0.3) is 0 Å². The predicted molar refractivity (Wildman–Crippen MR) is 65.0 cm³/mol. The summed E-state index contributed by atoms with van der Waals surface area (Å²) >= 11 is 5.83. The van der Waals surface area contributed by atoms with E-state index < -0.39 is 0 Å². The Kier molecular flexibility index (Phi) is 3.43. The van der Waals surface area contributed by atoms with Gasteiger partial charge in [0, 0.05) is 20.6 Å². The normalized spacial score (nSPS) is 15.7. The summed E-state index contributed by atoms with van der Waals surface area (Å²) in [6, 6.07) is 0. The molecule has 0 radical (unpaired) electrons. The van der Waals surface area contributed by atoms with E-state index in [9.17, 15) is 0 Å². The fraction of sp³-hybridized carbons (Fsp3) is 0.700. The van der Waals surface area contributed by atoms with Gasteiger partial charge in [0.1, 0.15) is 0 Å². The first-order valence-electron chi connectivity index (χ1n) is 5.49. The maximum atomic E-state index is 5.83. The third-order valence-corrected chi connectivity index (χ3v) is 3.09. The van der Waals surface area contributed by atoms with Gasteiger partial charge in [-0.15, -0.1) is 0 Å². The molecular formula is C10H16ClN5. The molecule has 1 saturated carbocycles. The quantitative estimate of drug-likeness (QED) is 0.871. The Morgan fingerprint density at radius 2 is 2.12 bits per heavy atom. The summed E-state index contributed by atoms with van der Waals surface area (Å²) in [6.45, 7) is 0.990. The summed E-state index contributed by atoms with van der Waals surface area (Å²) in [5.41, 5.74) is 0. The molecule has 0 saturated heterocycles. The average Bonchev–Trinajstić information content (AvgIpc) is 2.22. The van der Waals surface area contributed by atoms with Crippen LogP contribution in [0.15, 0.2) is 0 Å². The Morgan fingerprint density at radius 3 is 2.69 bits per heavy atom. The van der Waals surface area contributed by atoms with Crippen LogP contribution in [0.2, 0.25) is 5.28 Å². The second kappa shape index (κ2) is 4.82. The zero-order valence-corrected chi connectivity index (χ0v) is 10.3. The minimum absolute atomic E-state index is 0.231. The summed E-state index contributed by atoms with van der Waals surface area (Å²) in [4.78, 5) is 14.4. The first-order chi connectivity index (χ1) is 7.69. The van der Waals surface area contributed by atoms with Crippen molar-refractivity contribution in [2.45, 2.75) is 19.3 Å². The van der Waals surface area contributed by atoms with Gasteiger partial charge in [-0.2, -0.15) is 15.0 Å². The smallest absolute Gasteiger partial charge is 0.231 e. The maximum Gasteiger partial charge on any atom is 0.231 e. The van der Waals surface area contributed by atoms with E-state index in [0.29, 0.717) is 11.9 Å². The molecule has 1 aliphatic carbocycles. The molecule has 5 nitrogen and oxygen atoms in total. The first-order valence-corrected chi connectivity index (χ1v) is 5.87. The van der Waals surface area contributed by atoms with Gasteiger partial charge in [-0.05, 0) is 30.4 Å². The van der Waals surface area contributed by atoms with E-state index in [0.717, 1.165) is 12.5 Å². The molecule has 16 heavy (non-hydrogen) atoms. The lowest BCUT2D eigenvalue weighted by molar-refractivity contribution is 0.320. The SMILES string of the molecule is CNc1nc(Cl)nc(N(C)CC2CCC2)n1. The average molecular weight is 242 g/mol. The number of aromatic nitrogens is 3. The van der Waals surface area contributed by atoms with Gasteiger partial charge < -0.3 is 10.2 Å². The van der Waals surface area contributed by atoms with Gasteiger partial charge in [-0.25, -0.2) is 0 Å². The number of hydrogen-bond acceptors (Lipinski definition) is 5. The summed E-state index contributed by atoms with van der Waals surface area (Å²) in [5.74, 6) is 1.92. The Hall–Kier alpha value is -1.10. The van der Waals surface area contributed by atoms with E-state index in [-0.39, 0.29) is 5.28 Å². The molecule has 1 aromatic heterocycles. The molecule has 1 aliphatic rings. The molecule has 0 aliphatic heterocycles. The molecule has 0 bridgehead atoms. The monoisotopic (exact) mass is 241 g/mol. The number of nitrogens with zero attached hydrogens (tertiary/aromatic N) is 4. The molecule has 0 spiro atoms. The van der Waals surface area contributed by atoms with Crippen LogP contribution in [0, 0.1) is 5.92 Å². The van der Waals surface area contributed by atoms with Gasteiger partial charge >= 0.3 is 0 Å². The molecule has 1 heterocycles. The molecule has 2 rings (SSSR count). The zero-order valence-electron chi connectivity index (χ0n) is 9.57. The third kappa shape index (κ3) is 2.52. The molecule has 1 N–H and O–H groups in total. The van der Waals surface area contributed by atoms with Gasteiger partial charge in [0.15, 0.2) is 0 Å². The molecule has 1 fully saturated rings. The van der Waals surface area contributed by atoms with Crippen LogP contribution in [0.1, 0.15) is 19.3 Å². The lowest BCUT2D eigenvalue weighted by Gasteiger charge is -2.30. The number of nitrogens with one attached hydrogen (secondary N) is 1. The lowest BCUT2D eigenvalue weighted by Crippen LogP contribution is -2.30. The van der Waals surface area contributed by atoms with Crippen LogP contribution in [-0.4, -0.2) is 35.6 Å². The van der Waals surface area contributed by atoms with Crippen molar-refractivity contribution in [3.8, 4) is 0 Å². The van der Waals surface area contributed by atoms with Crippen molar-refractivity contribution >= 4 is 23.5 Å². The Labute approximate surface area is 100 Å². The molecule has 0 unspecified atom stereocenters. The molecular weight excluding hydrogens is 226 g/mol. The van der Waals surface area contributed by atoms with Gasteiger partial charge in [0.05, 0.1) is 0 Å². The van der Waals surface area contributed by atoms with Crippen LogP contribution in [0.3, 0.4) is 0 Å². The minimum Gasteiger partial charge on any atom is -0.357 e. The van der Waals surface area contributed by atoms with E-state index in [1.165, 1.54) is 19.3 Å². The van der Waals surface area contributed by atoms with Crippen LogP contribution in [-0.2, 0) is 0 Å². The zero-order chi connectivity index (χ0) is 11.5. The Balaban J connectivity index is 2.08. The van der Waals surface area contributed by atoms with Crippen molar-refractivity contribution < 1.29 is 0 Å². The number of anilines is 2. The third-order valence-electron chi connectivity index (χ3n) is 2.92. The van der Waals surface area contributed by atoms with Crippen LogP contribution in [0.4, 0.5) is 11.9 Å². The lowest BCUT2D eigenvalue weighted by atomic mass is 9.85. The van der Waals surface area contributed by atoms with Gasteiger partial charge in [-0.3, -0.25) is 0 Å². The van der Waals surface area contributed by atoms with Crippen molar-refractivity contribution in [3.63, 3.8) is 0 Å². The topological polar surface area (TPSA) is 53.9 Å². The summed E-state index contributed by atoms with van der Waals surface area (Å²) in [6.07, 6.45) is 3.96. The molecule has 0 atom stereocenters. The molecule has 0 amide bonds. The highest BCUT2D eigenvalue weighted by Crippen LogP contribution is 2.27. The van der Waals surface area contributed by atoms with Crippen molar-refractivity contribution in [3.05, 3.63) is 5.28 Å². The van der Waals surface area contributed by atoms with Gasteiger partial charge in [0.25, 0.3) is 0 Å². The van der Waals surface area contributed by atoms with Crippen LogP contribution in [0.5, 0.6) is 0 Å². The Bertz CT molecular complexity index is 366. The highest BCUT2D eigenvalue weighted by Gasteiger charge is 2.20. The van der Waals surface area contributed by atoms with Crippen molar-refractivity contribution in [2.24, 2.45) is 5.92 Å². The molecule has 0 aromatic carbocycles. The van der Waals surface area contributed by atoms with E-state index in [1.807, 2.05) is 11.9 Å². The van der Waals surface area contributed by atoms with E-state index in [2.05, 4.69) is 20.3 Å². The van der Waals surface area contributed by atoms with E-state index in [1.54, 1.807) is 7.05 Å². The van der Waals surface area contributed by atoms with Crippen molar-refractivity contribution in [1.82, 2.24) is 15.0 Å². The van der Waals surface area contributed by atoms with Gasteiger partial charge in [-0.1, -0.05) is 6.42 Å². The second-order valence-corrected chi connectivity index (χ2v) is 4.49. The van der Waals surface area contributed by atoms with E-state index >= 15 is 0 Å². The highest BCUT2D eigenvalue weighted by atomic mass is 35.5. The van der Waals surface area contributed by atoms with Crippen molar-refractivity contribution in [1.29, 1.82) is 0 Å². The summed E-state index contributed by atoms with van der Waals surface area (Å²) < 4.78 is 0. The number of halogens is 1. The molecule has 6 heteroatoms. The Morgan fingerprint density at radius 1 is 1.38 bits per heavy atom. The number of rotatable bonds is 4. The van der Waals surface area contributed by atoms with Gasteiger partial charge in [0.2, 0.25) is 17.2 Å². The minimum atomic E-state index is 0.231. The summed E-state index contributed by atoms with van der Waals surface area (Å²) in [5, 5.41) is 3.10. The largest absolute Gasteiger partial charge is 0.357 e. The number of hydrogen-bond donors (Lipinski definition) is 1. The highest BCUT2D eigenvalue weighted by molar-refractivity contribution is 6.28. The van der Waals surface area contributed by atoms with E-state index in [4.69, 9.17) is 11.6 Å². The van der Waals surface area contributed by atoms with Crippen molar-refractivity contribution in [2.75, 3.05) is 30.9 Å². The maximum absolute atomic E-state index is 5.83. The van der Waals surface area contributed by atoms with Crippen LogP contribution < -0.4 is 10.2 Å². The first kappa shape index (κ1) is 11.4. The predicted octanol–water partition coefficient (Wildman–Crippen LogP) is 1.80. The summed E-state index contributed by atoms with van der Waals surface area (Å²) in [7, 11) is 3.75. The second-order valence-electron chi connectivity index (χ2n) is 4.16.